The first-order valence-corrected chi connectivity index (χ1v) is 6.26. The van der Waals surface area contributed by atoms with Gasteiger partial charge < -0.3 is 10.2 Å². The van der Waals surface area contributed by atoms with E-state index in [4.69, 9.17) is 5.11 Å². The van der Waals surface area contributed by atoms with Crippen molar-refractivity contribution in [2.24, 2.45) is 0 Å². The molecule has 0 saturated heterocycles. The lowest BCUT2D eigenvalue weighted by molar-refractivity contribution is -0.138. The summed E-state index contributed by atoms with van der Waals surface area (Å²) >= 11 is 3.83. The Morgan fingerprint density at radius 2 is 2.20 bits per heavy atom. The molecule has 0 bridgehead atoms. The molecule has 15 heavy (non-hydrogen) atoms. The maximum Gasteiger partial charge on any atom is 0.321 e. The van der Waals surface area contributed by atoms with Gasteiger partial charge in [-0.1, -0.05) is 6.07 Å². The van der Waals surface area contributed by atoms with Crippen molar-refractivity contribution in [3.63, 3.8) is 0 Å². The molecule has 0 amide bonds. The van der Waals surface area contributed by atoms with Crippen LogP contribution in [0, 0.1) is 3.57 Å². The Labute approximate surface area is 115 Å². The van der Waals surface area contributed by atoms with E-state index < -0.39 is 12.0 Å². The van der Waals surface area contributed by atoms with Gasteiger partial charge in [0, 0.05) is 22.9 Å². The van der Waals surface area contributed by atoms with Gasteiger partial charge in [0.05, 0.1) is 3.57 Å². The zero-order valence-electron chi connectivity index (χ0n) is 7.58. The standard InChI is InChI=1S/C9H9I2NO3/c10-6-3-5(1-2-8(6)13)4-7(12-11)9(14)15/h1-3,7,12-13H,4H2,(H,14,15)/t7-/m0/s1. The molecule has 1 aromatic rings. The molecule has 0 aliphatic carbocycles. The first-order chi connectivity index (χ1) is 7.04. The fourth-order valence-corrected chi connectivity index (χ4v) is 2.15. The van der Waals surface area contributed by atoms with E-state index in [0.29, 0.717) is 6.42 Å². The molecule has 0 fully saturated rings. The number of hydrogen-bond acceptors (Lipinski definition) is 3. The molecule has 0 aromatic heterocycles. The summed E-state index contributed by atoms with van der Waals surface area (Å²) in [6.07, 6.45) is 0.397. The summed E-state index contributed by atoms with van der Waals surface area (Å²) < 4.78 is 3.41. The number of aliphatic carboxylic acids is 1. The van der Waals surface area contributed by atoms with E-state index >= 15 is 0 Å². The van der Waals surface area contributed by atoms with Crippen LogP contribution in [0.5, 0.6) is 5.75 Å². The fourth-order valence-electron chi connectivity index (χ4n) is 1.09. The molecule has 1 aromatic carbocycles. The molecule has 0 saturated carbocycles. The number of carbonyl (C=O) groups is 1. The highest BCUT2D eigenvalue weighted by Gasteiger charge is 2.16. The first kappa shape index (κ1) is 13.0. The van der Waals surface area contributed by atoms with Crippen LogP contribution in [0.25, 0.3) is 0 Å². The number of aromatic hydroxyl groups is 1. The number of phenols is 1. The Bertz CT molecular complexity index is 370. The highest BCUT2D eigenvalue weighted by Crippen LogP contribution is 2.21. The van der Waals surface area contributed by atoms with Gasteiger partial charge in [-0.25, -0.2) is 3.53 Å². The third-order valence-electron chi connectivity index (χ3n) is 1.88. The Morgan fingerprint density at radius 1 is 1.53 bits per heavy atom. The molecule has 6 heteroatoms. The van der Waals surface area contributed by atoms with Gasteiger partial charge >= 0.3 is 5.97 Å². The zero-order chi connectivity index (χ0) is 11.4. The Balaban J connectivity index is 2.80. The largest absolute Gasteiger partial charge is 0.507 e. The van der Waals surface area contributed by atoms with Gasteiger partial charge in [0.2, 0.25) is 0 Å². The van der Waals surface area contributed by atoms with Crippen LogP contribution < -0.4 is 3.53 Å². The summed E-state index contributed by atoms with van der Waals surface area (Å²) in [4.78, 5) is 10.8. The molecule has 3 N–H and O–H groups in total. The maximum absolute atomic E-state index is 10.8. The van der Waals surface area contributed by atoms with Crippen LogP contribution in [0.1, 0.15) is 5.56 Å². The number of phenolic OH excluding ortho intramolecular Hbond substituents is 1. The van der Waals surface area contributed by atoms with Gasteiger partial charge in [0.1, 0.15) is 11.8 Å². The number of rotatable bonds is 4. The smallest absolute Gasteiger partial charge is 0.321 e. The molecule has 4 nitrogen and oxygen atoms in total. The van der Waals surface area contributed by atoms with Gasteiger partial charge in [-0.15, -0.1) is 0 Å². The quantitative estimate of drug-likeness (QED) is 0.502. The van der Waals surface area contributed by atoms with Gasteiger partial charge in [0.25, 0.3) is 0 Å². The van der Waals surface area contributed by atoms with E-state index in [9.17, 15) is 9.90 Å². The third-order valence-corrected chi connectivity index (χ3v) is 3.50. The molecule has 0 aliphatic rings. The summed E-state index contributed by atoms with van der Waals surface area (Å²) in [7, 11) is 0. The highest BCUT2D eigenvalue weighted by molar-refractivity contribution is 14.1. The number of carboxylic acids is 1. The first-order valence-electron chi connectivity index (χ1n) is 4.11. The summed E-state index contributed by atoms with van der Waals surface area (Å²) in [6.45, 7) is 0. The number of carboxylic acid groups (broad SMARTS) is 1. The van der Waals surface area contributed by atoms with E-state index in [1.807, 2.05) is 45.5 Å². The van der Waals surface area contributed by atoms with E-state index in [1.54, 1.807) is 18.2 Å². The second-order valence-electron chi connectivity index (χ2n) is 2.99. The summed E-state index contributed by atoms with van der Waals surface area (Å²) in [5.74, 6) is -0.666. The number of halogens is 2. The van der Waals surface area contributed by atoms with Crippen molar-refractivity contribution in [3.05, 3.63) is 27.3 Å². The van der Waals surface area contributed by atoms with Crippen LogP contribution >= 0.6 is 45.5 Å². The Morgan fingerprint density at radius 3 is 2.67 bits per heavy atom. The van der Waals surface area contributed by atoms with Gasteiger partial charge in [-0.3, -0.25) is 4.79 Å². The second kappa shape index (κ2) is 5.85. The molecule has 0 aliphatic heterocycles. The zero-order valence-corrected chi connectivity index (χ0v) is 11.9. The van der Waals surface area contributed by atoms with Gasteiger partial charge in [-0.05, 0) is 46.7 Å². The van der Waals surface area contributed by atoms with Crippen molar-refractivity contribution in [2.45, 2.75) is 12.5 Å². The topological polar surface area (TPSA) is 69.6 Å². The predicted octanol–water partition coefficient (Wildman–Crippen LogP) is 1.93. The van der Waals surface area contributed by atoms with E-state index in [-0.39, 0.29) is 5.75 Å². The average Bonchev–Trinajstić information content (AvgIpc) is 2.19. The van der Waals surface area contributed by atoms with Crippen molar-refractivity contribution < 1.29 is 15.0 Å². The van der Waals surface area contributed by atoms with Crippen molar-refractivity contribution >= 4 is 51.4 Å². The SMILES string of the molecule is O=C(O)[C@H](Cc1ccc(O)c(I)c1)NI. The van der Waals surface area contributed by atoms with E-state index in [0.717, 1.165) is 9.13 Å². The molecule has 0 unspecified atom stereocenters. The van der Waals surface area contributed by atoms with E-state index in [1.165, 1.54) is 0 Å². The van der Waals surface area contributed by atoms with Crippen LogP contribution in [0.3, 0.4) is 0 Å². The highest BCUT2D eigenvalue weighted by atomic mass is 127. The molecule has 0 spiro atoms. The Kier molecular flexibility index (Phi) is 5.06. The minimum Gasteiger partial charge on any atom is -0.507 e. The van der Waals surface area contributed by atoms with Gasteiger partial charge in [-0.2, -0.15) is 0 Å². The normalized spacial score (nSPS) is 12.4. The molecular weight excluding hydrogens is 424 g/mol. The maximum atomic E-state index is 10.8. The third kappa shape index (κ3) is 3.76. The minimum atomic E-state index is -0.882. The number of benzene rings is 1. The van der Waals surface area contributed by atoms with Crippen LogP contribution in [-0.4, -0.2) is 22.2 Å². The van der Waals surface area contributed by atoms with Crippen molar-refractivity contribution in [1.82, 2.24) is 3.53 Å². The summed E-state index contributed by atoms with van der Waals surface area (Å²) in [5.41, 5.74) is 0.883. The second-order valence-corrected chi connectivity index (χ2v) is 4.77. The van der Waals surface area contributed by atoms with Crippen LogP contribution in [0.15, 0.2) is 18.2 Å². The molecule has 1 atom stereocenters. The fraction of sp³-hybridized carbons (Fsp3) is 0.222. The Hall–Kier alpha value is -0.0900. The predicted molar refractivity (Wildman–Crippen MR) is 73.1 cm³/mol. The summed E-state index contributed by atoms with van der Waals surface area (Å²) in [5, 5.41) is 18.1. The summed E-state index contributed by atoms with van der Waals surface area (Å²) in [6, 6.07) is 4.47. The van der Waals surface area contributed by atoms with Crippen molar-refractivity contribution in [3.8, 4) is 5.75 Å². The lowest BCUT2D eigenvalue weighted by atomic mass is 10.1. The molecule has 0 radical (unpaired) electrons. The lowest BCUT2D eigenvalue weighted by Crippen LogP contribution is -2.32. The van der Waals surface area contributed by atoms with E-state index in [2.05, 4.69) is 3.53 Å². The average molecular weight is 433 g/mol. The van der Waals surface area contributed by atoms with Crippen molar-refractivity contribution in [2.75, 3.05) is 0 Å². The van der Waals surface area contributed by atoms with Gasteiger partial charge in [0.15, 0.2) is 0 Å². The molecule has 0 heterocycles. The lowest BCUT2D eigenvalue weighted by Gasteiger charge is -2.10. The number of hydrogen-bond donors (Lipinski definition) is 3. The monoisotopic (exact) mass is 433 g/mol. The van der Waals surface area contributed by atoms with Crippen LogP contribution in [0.2, 0.25) is 0 Å². The van der Waals surface area contributed by atoms with Crippen LogP contribution in [0.4, 0.5) is 0 Å². The molecule has 82 valence electrons. The number of nitrogens with one attached hydrogen (secondary N) is 1. The van der Waals surface area contributed by atoms with Crippen molar-refractivity contribution in [1.29, 1.82) is 0 Å². The minimum absolute atomic E-state index is 0.216. The molecular formula is C9H9I2NO3. The van der Waals surface area contributed by atoms with Crippen LogP contribution in [-0.2, 0) is 11.2 Å². The molecule has 1 rings (SSSR count).